The highest BCUT2D eigenvalue weighted by atomic mass is 16.5. The van der Waals surface area contributed by atoms with Gasteiger partial charge in [-0.1, -0.05) is 37.6 Å². The first-order chi connectivity index (χ1) is 11.2. The van der Waals surface area contributed by atoms with Crippen LogP contribution in [0.4, 0.5) is 0 Å². The molecule has 0 fully saturated rings. The van der Waals surface area contributed by atoms with Crippen molar-refractivity contribution in [1.29, 1.82) is 0 Å². The Kier molecular flexibility index (Phi) is 6.42. The van der Waals surface area contributed by atoms with Crippen molar-refractivity contribution in [2.45, 2.75) is 26.2 Å². The molecule has 0 atom stereocenters. The van der Waals surface area contributed by atoms with Gasteiger partial charge in [-0.2, -0.15) is 0 Å². The molecule has 120 valence electrons. The Morgan fingerprint density at radius 1 is 1.00 bits per heavy atom. The number of rotatable bonds is 7. The Morgan fingerprint density at radius 3 is 2.26 bits per heavy atom. The number of ether oxygens (including phenoxy) is 2. The fourth-order valence-electron chi connectivity index (χ4n) is 2.13. The highest BCUT2D eigenvalue weighted by molar-refractivity contribution is 5.88. The summed E-state index contributed by atoms with van der Waals surface area (Å²) in [6.07, 6.45) is 6.68. The summed E-state index contributed by atoms with van der Waals surface area (Å²) in [6.45, 7) is 2.19. The van der Waals surface area contributed by atoms with Crippen molar-refractivity contribution in [2.24, 2.45) is 0 Å². The van der Waals surface area contributed by atoms with Crippen LogP contribution >= 0.6 is 0 Å². The average Bonchev–Trinajstić information content (AvgIpc) is 2.59. The molecule has 3 nitrogen and oxygen atoms in total. The smallest absolute Gasteiger partial charge is 0.336 e. The molecule has 0 radical (unpaired) electrons. The predicted octanol–water partition coefficient (Wildman–Crippen LogP) is 4.66. The fraction of sp³-hybridized carbons (Fsp3) is 0.250. The molecular weight excluding hydrogens is 288 g/mol. The highest BCUT2D eigenvalue weighted by Gasteiger charge is 2.01. The molecule has 3 heteroatoms. The van der Waals surface area contributed by atoms with Crippen LogP contribution in [0.1, 0.15) is 30.9 Å². The Morgan fingerprint density at radius 2 is 1.65 bits per heavy atom. The summed E-state index contributed by atoms with van der Waals surface area (Å²) < 4.78 is 10.3. The molecular formula is C20H22O3. The molecule has 0 aliphatic carbocycles. The third-order valence-corrected chi connectivity index (χ3v) is 3.49. The monoisotopic (exact) mass is 310 g/mol. The Labute approximate surface area is 137 Å². The zero-order chi connectivity index (χ0) is 16.5. The topological polar surface area (TPSA) is 35.5 Å². The number of methoxy groups -OCH3 is 1. The molecule has 0 saturated carbocycles. The lowest BCUT2D eigenvalue weighted by molar-refractivity contribution is -0.128. The number of hydrogen-bond donors (Lipinski definition) is 0. The van der Waals surface area contributed by atoms with Gasteiger partial charge >= 0.3 is 5.97 Å². The van der Waals surface area contributed by atoms with E-state index in [0.717, 1.165) is 17.7 Å². The minimum atomic E-state index is -0.398. The summed E-state index contributed by atoms with van der Waals surface area (Å²) >= 11 is 0. The first-order valence-electron chi connectivity index (χ1n) is 7.84. The molecule has 0 aromatic heterocycles. The van der Waals surface area contributed by atoms with E-state index in [9.17, 15) is 4.79 Å². The van der Waals surface area contributed by atoms with Crippen molar-refractivity contribution in [3.63, 3.8) is 0 Å². The molecule has 0 bridgehead atoms. The Hall–Kier alpha value is -2.55. The van der Waals surface area contributed by atoms with Gasteiger partial charge < -0.3 is 9.47 Å². The van der Waals surface area contributed by atoms with Gasteiger partial charge in [0.15, 0.2) is 0 Å². The van der Waals surface area contributed by atoms with Crippen LogP contribution in [0, 0.1) is 0 Å². The molecule has 0 N–H and O–H groups in total. The van der Waals surface area contributed by atoms with Crippen molar-refractivity contribution in [3.8, 4) is 11.5 Å². The molecule has 2 aromatic carbocycles. The van der Waals surface area contributed by atoms with Crippen molar-refractivity contribution < 1.29 is 14.3 Å². The molecule has 23 heavy (non-hydrogen) atoms. The molecule has 0 aliphatic rings. The second-order valence-electron chi connectivity index (χ2n) is 5.28. The third-order valence-electron chi connectivity index (χ3n) is 3.49. The zero-order valence-corrected chi connectivity index (χ0v) is 13.6. The van der Waals surface area contributed by atoms with E-state index in [1.807, 2.05) is 12.1 Å². The number of hydrogen-bond acceptors (Lipinski definition) is 3. The minimum Gasteiger partial charge on any atom is -0.497 e. The van der Waals surface area contributed by atoms with Gasteiger partial charge in [0.1, 0.15) is 11.5 Å². The highest BCUT2D eigenvalue weighted by Crippen LogP contribution is 2.17. The van der Waals surface area contributed by atoms with Crippen LogP contribution in [0.3, 0.4) is 0 Å². The molecule has 0 amide bonds. The lowest BCUT2D eigenvalue weighted by atomic mass is 10.1. The maximum absolute atomic E-state index is 11.8. The number of carbonyl (C=O) groups is 1. The summed E-state index contributed by atoms with van der Waals surface area (Å²) in [5.74, 6) is 0.823. The van der Waals surface area contributed by atoms with Crippen LogP contribution in [0.2, 0.25) is 0 Å². The van der Waals surface area contributed by atoms with Crippen LogP contribution in [0.15, 0.2) is 54.6 Å². The van der Waals surface area contributed by atoms with Crippen LogP contribution in [0.25, 0.3) is 6.08 Å². The standard InChI is InChI=1S/C20H22O3/c1-3-4-5-16-6-8-17(9-7-16)10-15-20(21)23-19-13-11-18(22-2)12-14-19/h6-15H,3-5H2,1-2H3. The summed E-state index contributed by atoms with van der Waals surface area (Å²) in [5.41, 5.74) is 2.31. The normalized spacial score (nSPS) is 10.7. The van der Waals surface area contributed by atoms with Gasteiger partial charge in [0.25, 0.3) is 0 Å². The summed E-state index contributed by atoms with van der Waals surface area (Å²) in [5, 5.41) is 0. The number of esters is 1. The number of benzene rings is 2. The largest absolute Gasteiger partial charge is 0.497 e. The first-order valence-corrected chi connectivity index (χ1v) is 7.84. The van der Waals surface area contributed by atoms with Crippen molar-refractivity contribution in [3.05, 3.63) is 65.7 Å². The van der Waals surface area contributed by atoms with E-state index in [2.05, 4.69) is 19.1 Å². The molecule has 0 heterocycles. The molecule has 0 aliphatic heterocycles. The second-order valence-corrected chi connectivity index (χ2v) is 5.28. The summed E-state index contributed by atoms with van der Waals surface area (Å²) in [6, 6.07) is 15.1. The number of aryl methyl sites for hydroxylation is 1. The first kappa shape index (κ1) is 16.8. The summed E-state index contributed by atoms with van der Waals surface area (Å²) in [7, 11) is 1.59. The molecule has 2 rings (SSSR count). The van der Waals surface area contributed by atoms with Gasteiger partial charge in [-0.3, -0.25) is 0 Å². The fourth-order valence-corrected chi connectivity index (χ4v) is 2.13. The van der Waals surface area contributed by atoms with Crippen molar-refractivity contribution in [2.75, 3.05) is 7.11 Å². The maximum Gasteiger partial charge on any atom is 0.336 e. The lowest BCUT2D eigenvalue weighted by Crippen LogP contribution is -2.03. The number of unbranched alkanes of at least 4 members (excludes halogenated alkanes) is 1. The predicted molar refractivity (Wildman–Crippen MR) is 92.7 cm³/mol. The maximum atomic E-state index is 11.8. The quantitative estimate of drug-likeness (QED) is 0.424. The molecule has 2 aromatic rings. The van der Waals surface area contributed by atoms with Gasteiger partial charge in [0.2, 0.25) is 0 Å². The van der Waals surface area contributed by atoms with Crippen LogP contribution in [-0.4, -0.2) is 13.1 Å². The SMILES string of the molecule is CCCCc1ccc(C=CC(=O)Oc2ccc(OC)cc2)cc1. The minimum absolute atomic E-state index is 0.398. The van der Waals surface area contributed by atoms with Gasteiger partial charge in [-0.05, 0) is 54.3 Å². The van der Waals surface area contributed by atoms with Gasteiger partial charge in [0.05, 0.1) is 7.11 Å². The number of carbonyl (C=O) groups excluding carboxylic acids is 1. The van der Waals surface area contributed by atoms with E-state index in [-0.39, 0.29) is 0 Å². The second kappa shape index (κ2) is 8.79. The average molecular weight is 310 g/mol. The van der Waals surface area contributed by atoms with Crippen LogP contribution < -0.4 is 9.47 Å². The van der Waals surface area contributed by atoms with Gasteiger partial charge in [-0.15, -0.1) is 0 Å². The van der Waals surface area contributed by atoms with E-state index >= 15 is 0 Å². The van der Waals surface area contributed by atoms with Gasteiger partial charge in [-0.25, -0.2) is 4.79 Å². The zero-order valence-electron chi connectivity index (χ0n) is 13.6. The van der Waals surface area contributed by atoms with E-state index in [1.165, 1.54) is 24.5 Å². The van der Waals surface area contributed by atoms with E-state index in [4.69, 9.17) is 9.47 Å². The lowest BCUT2D eigenvalue weighted by Gasteiger charge is -2.03. The summed E-state index contributed by atoms with van der Waals surface area (Å²) in [4.78, 5) is 11.8. The molecule has 0 spiro atoms. The van der Waals surface area contributed by atoms with E-state index in [1.54, 1.807) is 37.5 Å². The van der Waals surface area contributed by atoms with Gasteiger partial charge in [0, 0.05) is 6.08 Å². The third kappa shape index (κ3) is 5.62. The molecule has 0 saturated heterocycles. The molecule has 0 unspecified atom stereocenters. The van der Waals surface area contributed by atoms with Crippen LogP contribution in [-0.2, 0) is 11.2 Å². The van der Waals surface area contributed by atoms with Crippen molar-refractivity contribution in [1.82, 2.24) is 0 Å². The van der Waals surface area contributed by atoms with Crippen molar-refractivity contribution >= 4 is 12.0 Å². The van der Waals surface area contributed by atoms with E-state index < -0.39 is 5.97 Å². The van der Waals surface area contributed by atoms with E-state index in [0.29, 0.717) is 5.75 Å². The van der Waals surface area contributed by atoms with Crippen LogP contribution in [0.5, 0.6) is 11.5 Å². The Bertz CT molecular complexity index is 640. The Balaban J connectivity index is 1.89.